The molecule has 0 radical (unpaired) electrons. The van der Waals surface area contributed by atoms with E-state index in [1.165, 1.54) is 92.1 Å². The smallest absolute Gasteiger partial charge is 0.0517 e. The molecule has 0 aromatic carbocycles. The molecule has 2 aliphatic carbocycles. The van der Waals surface area contributed by atoms with E-state index in [-0.39, 0.29) is 0 Å². The molecule has 0 aromatic heterocycles. The molecular weight excluding hydrogens is 520 g/mol. The highest BCUT2D eigenvalue weighted by Gasteiger charge is 2.27. The normalized spacial score (nSPS) is 16.7. The summed E-state index contributed by atoms with van der Waals surface area (Å²) in [4.78, 5) is 0. The second kappa shape index (κ2) is 27.6. The summed E-state index contributed by atoms with van der Waals surface area (Å²) in [6.45, 7) is 37.5. The Morgan fingerprint density at radius 3 is 2.02 bits per heavy atom. The second-order valence-electron chi connectivity index (χ2n) is 12.3. The van der Waals surface area contributed by atoms with E-state index in [0.29, 0.717) is 6.04 Å². The molecule has 0 heterocycles. The molecule has 43 heavy (non-hydrogen) atoms. The first kappa shape index (κ1) is 43.2. The minimum absolute atomic E-state index is 0.292. The van der Waals surface area contributed by atoms with Gasteiger partial charge in [-0.25, -0.2) is 0 Å². The number of hydrogen-bond acceptors (Lipinski definition) is 2. The Balaban J connectivity index is 0. The van der Waals surface area contributed by atoms with Crippen molar-refractivity contribution < 1.29 is 0 Å². The Labute approximate surface area is 271 Å². The summed E-state index contributed by atoms with van der Waals surface area (Å²) in [6, 6.07) is 0.292. The van der Waals surface area contributed by atoms with Crippen molar-refractivity contribution in [1.82, 2.24) is 10.6 Å². The van der Waals surface area contributed by atoms with Crippen molar-refractivity contribution >= 4 is 0 Å². The molecule has 1 fully saturated rings. The van der Waals surface area contributed by atoms with Crippen molar-refractivity contribution in [2.75, 3.05) is 6.54 Å². The minimum Gasteiger partial charge on any atom is -0.385 e. The summed E-state index contributed by atoms with van der Waals surface area (Å²) >= 11 is 0. The highest BCUT2D eigenvalue weighted by molar-refractivity contribution is 5.44. The first-order valence-electron chi connectivity index (χ1n) is 18.2. The van der Waals surface area contributed by atoms with Crippen molar-refractivity contribution in [3.63, 3.8) is 0 Å². The van der Waals surface area contributed by atoms with Gasteiger partial charge in [-0.2, -0.15) is 0 Å². The van der Waals surface area contributed by atoms with Crippen LogP contribution in [-0.2, 0) is 0 Å². The summed E-state index contributed by atoms with van der Waals surface area (Å²) in [7, 11) is 0. The van der Waals surface area contributed by atoms with Crippen LogP contribution in [-0.4, -0.2) is 12.6 Å². The van der Waals surface area contributed by atoms with Crippen LogP contribution in [0.25, 0.3) is 0 Å². The molecule has 0 spiro atoms. The van der Waals surface area contributed by atoms with Gasteiger partial charge < -0.3 is 10.6 Å². The maximum Gasteiger partial charge on any atom is 0.0517 e. The lowest BCUT2D eigenvalue weighted by molar-refractivity contribution is 0.515. The maximum absolute atomic E-state index is 4.41. The van der Waals surface area contributed by atoms with Gasteiger partial charge in [-0.1, -0.05) is 125 Å². The maximum atomic E-state index is 4.41. The zero-order valence-electron chi connectivity index (χ0n) is 31.1. The van der Waals surface area contributed by atoms with Crippen LogP contribution < -0.4 is 10.6 Å². The van der Waals surface area contributed by atoms with Crippen LogP contribution in [0.15, 0.2) is 71.1 Å². The van der Waals surface area contributed by atoms with Crippen molar-refractivity contribution in [3.8, 4) is 0 Å². The third-order valence-electron chi connectivity index (χ3n) is 8.37. The Hall–Kier alpha value is -1.96. The standard InChI is InChI=1S/C33H54N2.C4H10.2C2H6/c1-9-15-31-22-32(29(8)34-21-14-12-10-11-13-16-24(2)3)23-33(27(31)6)35-28(7)25(4)17-18-26(5)30-19-20-30;1-3-4-2;2*1-2/h17,22,26,30,33-35H,2,7-16,18-21,23H2,1,3-6H3;3-4H2,1-2H3;2*1-2H3/b25-17+;;;. The average molecular weight is 597 g/mol. The van der Waals surface area contributed by atoms with Gasteiger partial charge in [-0.3, -0.25) is 0 Å². The molecule has 2 nitrogen and oxygen atoms in total. The summed E-state index contributed by atoms with van der Waals surface area (Å²) in [5.41, 5.74) is 9.02. The van der Waals surface area contributed by atoms with Crippen molar-refractivity contribution in [1.29, 1.82) is 0 Å². The fourth-order valence-electron chi connectivity index (χ4n) is 4.99. The summed E-state index contributed by atoms with van der Waals surface area (Å²) < 4.78 is 0. The van der Waals surface area contributed by atoms with Gasteiger partial charge in [0.2, 0.25) is 0 Å². The SMILES string of the molecule is C=C(C)CCCCCCCNC(=C)C1=CC(CCC)=C(C)C(NC(=C)/C(C)=C/CC(C)C2CC2)C1.CC.CC.CCCC. The number of rotatable bonds is 19. The first-order valence-corrected chi connectivity index (χ1v) is 18.2. The molecular formula is C41H76N2. The lowest BCUT2D eigenvalue weighted by atomic mass is 9.85. The number of nitrogens with one attached hydrogen (secondary N) is 2. The zero-order chi connectivity index (χ0) is 33.2. The molecule has 0 amide bonds. The quantitative estimate of drug-likeness (QED) is 0.0880. The second-order valence-corrected chi connectivity index (χ2v) is 12.3. The summed E-state index contributed by atoms with van der Waals surface area (Å²) in [6.07, 6.45) is 22.2. The van der Waals surface area contributed by atoms with Gasteiger partial charge in [0, 0.05) is 17.9 Å². The molecule has 2 unspecified atom stereocenters. The van der Waals surface area contributed by atoms with E-state index in [4.69, 9.17) is 0 Å². The van der Waals surface area contributed by atoms with Crippen LogP contribution >= 0.6 is 0 Å². The summed E-state index contributed by atoms with van der Waals surface area (Å²) in [5, 5.41) is 7.40. The highest BCUT2D eigenvalue weighted by Crippen LogP contribution is 2.38. The van der Waals surface area contributed by atoms with E-state index in [1.54, 1.807) is 0 Å². The van der Waals surface area contributed by atoms with Crippen LogP contribution in [0.3, 0.4) is 0 Å². The highest BCUT2D eigenvalue weighted by atomic mass is 14.9. The van der Waals surface area contributed by atoms with Crippen LogP contribution in [0.2, 0.25) is 0 Å². The Kier molecular flexibility index (Phi) is 27.7. The van der Waals surface area contributed by atoms with Gasteiger partial charge in [0.25, 0.3) is 0 Å². The molecule has 2 rings (SSSR count). The molecule has 2 N–H and O–H groups in total. The predicted octanol–water partition coefficient (Wildman–Crippen LogP) is 13.2. The molecule has 1 saturated carbocycles. The number of allylic oxidation sites excluding steroid dienone is 6. The first-order chi connectivity index (χ1) is 20.6. The van der Waals surface area contributed by atoms with Gasteiger partial charge >= 0.3 is 0 Å². The number of hydrogen-bond donors (Lipinski definition) is 2. The topological polar surface area (TPSA) is 24.1 Å². The monoisotopic (exact) mass is 597 g/mol. The van der Waals surface area contributed by atoms with E-state index in [0.717, 1.165) is 55.5 Å². The molecule has 2 aliphatic rings. The minimum atomic E-state index is 0.292. The largest absolute Gasteiger partial charge is 0.385 e. The van der Waals surface area contributed by atoms with Gasteiger partial charge in [0.1, 0.15) is 0 Å². The van der Waals surface area contributed by atoms with Crippen LogP contribution in [0.5, 0.6) is 0 Å². The van der Waals surface area contributed by atoms with Gasteiger partial charge in [0.15, 0.2) is 0 Å². The van der Waals surface area contributed by atoms with E-state index in [2.05, 4.69) is 91.0 Å². The lowest BCUT2D eigenvalue weighted by Crippen LogP contribution is -2.33. The number of unbranched alkanes of at least 4 members (excludes halogenated alkanes) is 5. The third-order valence-corrected chi connectivity index (χ3v) is 8.37. The Morgan fingerprint density at radius 1 is 0.907 bits per heavy atom. The lowest BCUT2D eigenvalue weighted by Gasteiger charge is -2.30. The molecule has 0 bridgehead atoms. The Morgan fingerprint density at radius 2 is 1.49 bits per heavy atom. The average Bonchev–Trinajstić information content (AvgIpc) is 3.87. The fraction of sp³-hybridized carbons (Fsp3) is 0.707. The Bertz CT molecular complexity index is 847. The molecule has 0 aromatic rings. The van der Waals surface area contributed by atoms with Crippen molar-refractivity contribution in [2.24, 2.45) is 11.8 Å². The van der Waals surface area contributed by atoms with E-state index in [1.807, 2.05) is 27.7 Å². The third kappa shape index (κ3) is 20.6. The molecule has 250 valence electrons. The zero-order valence-corrected chi connectivity index (χ0v) is 31.1. The predicted molar refractivity (Wildman–Crippen MR) is 200 cm³/mol. The van der Waals surface area contributed by atoms with Crippen LogP contribution in [0, 0.1) is 11.8 Å². The van der Waals surface area contributed by atoms with Crippen molar-refractivity contribution in [2.45, 2.75) is 172 Å². The van der Waals surface area contributed by atoms with E-state index in [9.17, 15) is 0 Å². The van der Waals surface area contributed by atoms with Crippen molar-refractivity contribution in [3.05, 3.63) is 71.1 Å². The van der Waals surface area contributed by atoms with E-state index >= 15 is 0 Å². The van der Waals surface area contributed by atoms with Gasteiger partial charge in [-0.15, -0.1) is 6.58 Å². The molecule has 2 heteroatoms. The molecule has 0 aliphatic heterocycles. The summed E-state index contributed by atoms with van der Waals surface area (Å²) in [5.74, 6) is 1.75. The van der Waals surface area contributed by atoms with Crippen LogP contribution in [0.4, 0.5) is 0 Å². The molecule has 0 saturated heterocycles. The molecule has 2 atom stereocenters. The van der Waals surface area contributed by atoms with E-state index < -0.39 is 0 Å². The fourth-order valence-corrected chi connectivity index (χ4v) is 4.99. The van der Waals surface area contributed by atoms with Crippen LogP contribution in [0.1, 0.15) is 166 Å². The van der Waals surface area contributed by atoms with Gasteiger partial charge in [-0.05, 0) is 106 Å². The van der Waals surface area contributed by atoms with Gasteiger partial charge in [0.05, 0.1) is 6.04 Å².